The van der Waals surface area contributed by atoms with Crippen molar-refractivity contribution in [3.8, 4) is 0 Å². The van der Waals surface area contributed by atoms with E-state index >= 15 is 0 Å². The lowest BCUT2D eigenvalue weighted by Crippen LogP contribution is -2.27. The molecule has 0 aliphatic carbocycles. The Bertz CT molecular complexity index is 554. The van der Waals surface area contributed by atoms with Crippen molar-refractivity contribution >= 4 is 33.8 Å². The zero-order valence-electron chi connectivity index (χ0n) is 10.2. The first-order valence-corrected chi connectivity index (χ1v) is 7.25. The van der Waals surface area contributed by atoms with Crippen molar-refractivity contribution in [1.29, 1.82) is 0 Å². The number of halogens is 1. The number of nitrogens with one attached hydrogen (secondary N) is 3. The van der Waals surface area contributed by atoms with E-state index in [-0.39, 0.29) is 11.2 Å². The topological polar surface area (TPSA) is 66.0 Å². The second-order valence-electron chi connectivity index (χ2n) is 3.69. The number of thiazole rings is 1. The lowest BCUT2D eigenvalue weighted by molar-refractivity contribution is 0.252. The molecular weight excluding hydrogens is 287 g/mol. The molecule has 0 fully saturated rings. The summed E-state index contributed by atoms with van der Waals surface area (Å²) in [6.45, 7) is 0.962. The van der Waals surface area contributed by atoms with Gasteiger partial charge in [0.05, 0.1) is 12.2 Å². The first-order valence-electron chi connectivity index (χ1n) is 5.55. The van der Waals surface area contributed by atoms with Crippen LogP contribution in [0.4, 0.5) is 14.3 Å². The number of thiophene rings is 1. The highest BCUT2D eigenvalue weighted by Crippen LogP contribution is 2.16. The van der Waals surface area contributed by atoms with Crippen LogP contribution in [-0.2, 0) is 13.1 Å². The average molecular weight is 300 g/mol. The molecule has 0 atom stereocenters. The van der Waals surface area contributed by atoms with Crippen molar-refractivity contribution < 1.29 is 9.18 Å². The maximum atomic E-state index is 12.7. The molecule has 0 bridgehead atoms. The van der Waals surface area contributed by atoms with Gasteiger partial charge in [0.25, 0.3) is 0 Å². The van der Waals surface area contributed by atoms with Gasteiger partial charge in [-0.1, -0.05) is 0 Å². The summed E-state index contributed by atoms with van der Waals surface area (Å²) in [5.74, 6) is 0. The Kier molecular flexibility index (Phi) is 4.83. The molecular formula is C11H13FN4OS2. The molecule has 5 nitrogen and oxygen atoms in total. The monoisotopic (exact) mass is 300 g/mol. The van der Waals surface area contributed by atoms with Crippen LogP contribution >= 0.6 is 22.7 Å². The third-order valence-electron chi connectivity index (χ3n) is 2.18. The van der Waals surface area contributed by atoms with E-state index in [4.69, 9.17) is 0 Å². The van der Waals surface area contributed by atoms with Gasteiger partial charge in [-0.3, -0.25) is 5.32 Å². The van der Waals surface area contributed by atoms with Gasteiger partial charge >= 0.3 is 6.03 Å². The fraction of sp³-hybridized carbons (Fsp3) is 0.273. The van der Waals surface area contributed by atoms with Crippen LogP contribution in [0.15, 0.2) is 17.5 Å². The standard InChI is InChI=1S/C11H13FN4OS2/c1-13-4-7-6-18-11(15-7)16-10(17)14-5-8-2-3-9(12)19-8/h2-3,6,13H,4-5H2,1H3,(H2,14,15,16,17). The number of amides is 2. The van der Waals surface area contributed by atoms with Crippen LogP contribution in [0.3, 0.4) is 0 Å². The highest BCUT2D eigenvalue weighted by Gasteiger charge is 2.06. The van der Waals surface area contributed by atoms with Crippen LogP contribution in [0.2, 0.25) is 0 Å². The number of hydrogen-bond acceptors (Lipinski definition) is 5. The van der Waals surface area contributed by atoms with Crippen molar-refractivity contribution in [3.05, 3.63) is 33.2 Å². The van der Waals surface area contributed by atoms with Gasteiger partial charge in [0, 0.05) is 16.8 Å². The summed E-state index contributed by atoms with van der Waals surface area (Å²) >= 11 is 2.38. The van der Waals surface area contributed by atoms with Crippen LogP contribution in [0.25, 0.3) is 0 Å². The highest BCUT2D eigenvalue weighted by atomic mass is 32.1. The summed E-state index contributed by atoms with van der Waals surface area (Å²) in [6, 6.07) is 2.68. The normalized spacial score (nSPS) is 10.4. The minimum Gasteiger partial charge on any atom is -0.333 e. The number of carbonyl (C=O) groups excluding carboxylic acids is 1. The smallest absolute Gasteiger partial charge is 0.321 e. The lowest BCUT2D eigenvalue weighted by Gasteiger charge is -2.03. The molecule has 3 N–H and O–H groups in total. The quantitative estimate of drug-likeness (QED) is 0.794. The molecule has 0 spiro atoms. The van der Waals surface area contributed by atoms with Crippen LogP contribution in [0.5, 0.6) is 0 Å². The van der Waals surface area contributed by atoms with Crippen molar-refractivity contribution in [1.82, 2.24) is 15.6 Å². The largest absolute Gasteiger partial charge is 0.333 e. The van der Waals surface area contributed by atoms with Crippen LogP contribution < -0.4 is 16.0 Å². The maximum absolute atomic E-state index is 12.7. The Morgan fingerprint density at radius 3 is 2.95 bits per heavy atom. The van der Waals surface area contributed by atoms with Gasteiger partial charge in [-0.05, 0) is 19.2 Å². The van der Waals surface area contributed by atoms with E-state index in [0.29, 0.717) is 18.2 Å². The molecule has 8 heteroatoms. The third kappa shape index (κ3) is 4.27. The van der Waals surface area contributed by atoms with Gasteiger partial charge in [0.2, 0.25) is 0 Å². The van der Waals surface area contributed by atoms with E-state index in [9.17, 15) is 9.18 Å². The fourth-order valence-corrected chi connectivity index (χ4v) is 2.75. The van der Waals surface area contributed by atoms with Gasteiger partial charge in [-0.15, -0.1) is 22.7 Å². The second kappa shape index (κ2) is 6.60. The van der Waals surface area contributed by atoms with Gasteiger partial charge in [-0.2, -0.15) is 4.39 Å². The predicted octanol–water partition coefficient (Wildman–Crippen LogP) is 2.38. The number of rotatable bonds is 5. The van der Waals surface area contributed by atoms with E-state index in [1.165, 1.54) is 17.4 Å². The molecule has 0 aromatic carbocycles. The number of carbonyl (C=O) groups is 1. The molecule has 2 amide bonds. The Labute approximate surface area is 117 Å². The lowest BCUT2D eigenvalue weighted by atomic mass is 10.5. The number of aromatic nitrogens is 1. The molecule has 0 aliphatic rings. The van der Waals surface area contributed by atoms with Crippen molar-refractivity contribution in [3.63, 3.8) is 0 Å². The summed E-state index contributed by atoms with van der Waals surface area (Å²) < 4.78 is 12.7. The Hall–Kier alpha value is -1.51. The minimum atomic E-state index is -0.348. The van der Waals surface area contributed by atoms with Gasteiger partial charge < -0.3 is 10.6 Å². The summed E-state index contributed by atoms with van der Waals surface area (Å²) in [4.78, 5) is 16.6. The zero-order valence-corrected chi connectivity index (χ0v) is 11.8. The van der Waals surface area contributed by atoms with Crippen LogP contribution in [0, 0.1) is 5.13 Å². The highest BCUT2D eigenvalue weighted by molar-refractivity contribution is 7.14. The van der Waals surface area contributed by atoms with Crippen LogP contribution in [-0.4, -0.2) is 18.1 Å². The Morgan fingerprint density at radius 1 is 1.42 bits per heavy atom. The van der Waals surface area contributed by atoms with E-state index in [0.717, 1.165) is 21.9 Å². The van der Waals surface area contributed by atoms with Gasteiger partial charge in [0.15, 0.2) is 10.3 Å². The summed E-state index contributed by atoms with van der Waals surface area (Å²) in [5.41, 5.74) is 0.878. The molecule has 0 aliphatic heterocycles. The van der Waals surface area contributed by atoms with Gasteiger partial charge in [0.1, 0.15) is 0 Å². The Morgan fingerprint density at radius 2 is 2.26 bits per heavy atom. The molecule has 2 aromatic rings. The summed E-state index contributed by atoms with van der Waals surface area (Å²) in [6.07, 6.45) is 0. The van der Waals surface area contributed by atoms with Crippen molar-refractivity contribution in [2.75, 3.05) is 12.4 Å². The average Bonchev–Trinajstić information content (AvgIpc) is 2.97. The number of anilines is 1. The number of hydrogen-bond donors (Lipinski definition) is 3. The van der Waals surface area contributed by atoms with Crippen LogP contribution in [0.1, 0.15) is 10.6 Å². The van der Waals surface area contributed by atoms with Crippen molar-refractivity contribution in [2.24, 2.45) is 0 Å². The third-order valence-corrected chi connectivity index (χ3v) is 3.86. The van der Waals surface area contributed by atoms with Crippen molar-refractivity contribution in [2.45, 2.75) is 13.1 Å². The van der Waals surface area contributed by atoms with Gasteiger partial charge in [-0.25, -0.2) is 9.78 Å². The number of nitrogens with zero attached hydrogens (tertiary/aromatic N) is 1. The summed E-state index contributed by atoms with van der Waals surface area (Å²) in [5, 5.41) is 10.4. The maximum Gasteiger partial charge on any atom is 0.321 e. The molecule has 2 rings (SSSR count). The zero-order chi connectivity index (χ0) is 13.7. The number of urea groups is 1. The molecule has 0 unspecified atom stereocenters. The minimum absolute atomic E-state index is 0.256. The molecule has 2 aromatic heterocycles. The van der Waals surface area contributed by atoms with E-state index in [1.807, 2.05) is 12.4 Å². The molecule has 19 heavy (non-hydrogen) atoms. The second-order valence-corrected chi connectivity index (χ2v) is 5.66. The van der Waals surface area contributed by atoms with E-state index in [2.05, 4.69) is 20.9 Å². The molecule has 2 heterocycles. The summed E-state index contributed by atoms with van der Waals surface area (Å²) in [7, 11) is 1.83. The van der Waals surface area contributed by atoms with E-state index in [1.54, 1.807) is 6.07 Å². The SMILES string of the molecule is CNCc1csc(NC(=O)NCc2ccc(F)s2)n1. The molecule has 0 saturated carbocycles. The van der Waals surface area contributed by atoms with E-state index < -0.39 is 0 Å². The first-order chi connectivity index (χ1) is 9.17. The molecule has 102 valence electrons. The first kappa shape index (κ1) is 13.9. The fourth-order valence-electron chi connectivity index (χ4n) is 1.38. The Balaban J connectivity index is 1.80. The predicted molar refractivity (Wildman–Crippen MR) is 75.0 cm³/mol. The molecule has 0 saturated heterocycles. The molecule has 0 radical (unpaired) electrons.